The van der Waals surface area contributed by atoms with Crippen LogP contribution in [0, 0.1) is 0 Å². The Morgan fingerprint density at radius 2 is 1.82 bits per heavy atom. The molecule has 0 aromatic carbocycles. The van der Waals surface area contributed by atoms with Gasteiger partial charge in [0.15, 0.2) is 0 Å². The Morgan fingerprint density at radius 1 is 1.06 bits per heavy atom. The van der Waals surface area contributed by atoms with Crippen molar-refractivity contribution in [3.8, 4) is 0 Å². The molecule has 0 saturated carbocycles. The highest BCUT2D eigenvalue weighted by atomic mass is 16.5. The Hall–Kier alpha value is -0.120. The second-order valence-corrected chi connectivity index (χ2v) is 4.48. The Bertz CT molecular complexity index is 147. The van der Waals surface area contributed by atoms with Crippen LogP contribution in [0.25, 0.3) is 0 Å². The zero-order valence-electron chi connectivity index (χ0n) is 12.1. The fraction of sp³-hybridized carbons (Fsp3) is 1.00. The molecule has 0 radical (unpaired) electrons. The molecule has 0 aliphatic rings. The summed E-state index contributed by atoms with van der Waals surface area (Å²) >= 11 is 0. The fourth-order valence-electron chi connectivity index (χ4n) is 2.10. The van der Waals surface area contributed by atoms with Crippen LogP contribution in [0.1, 0.15) is 52.9 Å². The van der Waals surface area contributed by atoms with Gasteiger partial charge in [-0.2, -0.15) is 0 Å². The van der Waals surface area contributed by atoms with E-state index in [1.807, 2.05) is 0 Å². The molecule has 17 heavy (non-hydrogen) atoms. The second kappa shape index (κ2) is 12.3. The van der Waals surface area contributed by atoms with Crippen molar-refractivity contribution in [2.24, 2.45) is 0 Å². The molecule has 0 rings (SSSR count). The summed E-state index contributed by atoms with van der Waals surface area (Å²) in [5.74, 6) is 0. The Morgan fingerprint density at radius 3 is 2.35 bits per heavy atom. The summed E-state index contributed by atoms with van der Waals surface area (Å²) in [5.41, 5.74) is 0. The summed E-state index contributed by atoms with van der Waals surface area (Å²) in [5, 5.41) is 3.62. The van der Waals surface area contributed by atoms with Crippen LogP contribution >= 0.6 is 0 Å². The van der Waals surface area contributed by atoms with Gasteiger partial charge in [0.25, 0.3) is 0 Å². The van der Waals surface area contributed by atoms with Gasteiger partial charge < -0.3 is 14.8 Å². The van der Waals surface area contributed by atoms with E-state index in [4.69, 9.17) is 9.47 Å². The van der Waals surface area contributed by atoms with Gasteiger partial charge in [-0.15, -0.1) is 0 Å². The average Bonchev–Trinajstić information content (AvgIpc) is 2.33. The van der Waals surface area contributed by atoms with Crippen molar-refractivity contribution in [2.45, 2.75) is 65.0 Å². The first-order valence-corrected chi connectivity index (χ1v) is 7.13. The van der Waals surface area contributed by atoms with E-state index in [-0.39, 0.29) is 0 Å². The van der Waals surface area contributed by atoms with Gasteiger partial charge >= 0.3 is 0 Å². The largest absolute Gasteiger partial charge is 0.385 e. The maximum atomic E-state index is 5.87. The van der Waals surface area contributed by atoms with Gasteiger partial charge in [0.2, 0.25) is 0 Å². The van der Waals surface area contributed by atoms with E-state index in [0.29, 0.717) is 12.1 Å². The van der Waals surface area contributed by atoms with Crippen molar-refractivity contribution < 1.29 is 9.47 Å². The summed E-state index contributed by atoms with van der Waals surface area (Å²) in [6, 6.07) is 0.477. The highest BCUT2D eigenvalue weighted by Gasteiger charge is 2.19. The zero-order chi connectivity index (χ0) is 12.9. The molecule has 0 amide bonds. The standard InChI is InChI=1S/C14H31NO2/c1-5-9-14(17-7-3)13(15-11-6-2)10-8-12-16-4/h13-15H,5-12H2,1-4H3. The maximum Gasteiger partial charge on any atom is 0.0727 e. The van der Waals surface area contributed by atoms with Crippen LogP contribution in [-0.2, 0) is 9.47 Å². The van der Waals surface area contributed by atoms with Crippen LogP contribution in [0.15, 0.2) is 0 Å². The van der Waals surface area contributed by atoms with Crippen LogP contribution in [0.5, 0.6) is 0 Å². The molecular formula is C14H31NO2. The Balaban J connectivity index is 4.15. The fourth-order valence-corrected chi connectivity index (χ4v) is 2.10. The first-order chi connectivity index (χ1) is 8.29. The molecule has 0 spiro atoms. The van der Waals surface area contributed by atoms with E-state index < -0.39 is 0 Å². The maximum absolute atomic E-state index is 5.87. The van der Waals surface area contributed by atoms with Crippen LogP contribution in [0.3, 0.4) is 0 Å². The lowest BCUT2D eigenvalue weighted by atomic mass is 10.0. The number of hydrogen-bond donors (Lipinski definition) is 1. The Labute approximate surface area is 107 Å². The van der Waals surface area contributed by atoms with E-state index in [2.05, 4.69) is 26.1 Å². The third kappa shape index (κ3) is 8.58. The van der Waals surface area contributed by atoms with Crippen molar-refractivity contribution >= 4 is 0 Å². The molecule has 0 aromatic heterocycles. The molecule has 3 heteroatoms. The topological polar surface area (TPSA) is 30.5 Å². The van der Waals surface area contributed by atoms with E-state index in [9.17, 15) is 0 Å². The van der Waals surface area contributed by atoms with Crippen molar-refractivity contribution in [1.29, 1.82) is 0 Å². The predicted molar refractivity (Wildman–Crippen MR) is 73.5 cm³/mol. The number of methoxy groups -OCH3 is 1. The molecule has 0 aliphatic carbocycles. The second-order valence-electron chi connectivity index (χ2n) is 4.48. The van der Waals surface area contributed by atoms with Crippen LogP contribution in [0.4, 0.5) is 0 Å². The van der Waals surface area contributed by atoms with E-state index in [1.165, 1.54) is 12.8 Å². The monoisotopic (exact) mass is 245 g/mol. The molecule has 0 heterocycles. The van der Waals surface area contributed by atoms with Crippen molar-refractivity contribution in [2.75, 3.05) is 26.9 Å². The van der Waals surface area contributed by atoms with Crippen LogP contribution in [-0.4, -0.2) is 39.0 Å². The first kappa shape index (κ1) is 16.9. The molecule has 0 bridgehead atoms. The smallest absolute Gasteiger partial charge is 0.0727 e. The van der Waals surface area contributed by atoms with Crippen molar-refractivity contribution in [1.82, 2.24) is 5.32 Å². The van der Waals surface area contributed by atoms with Crippen LogP contribution in [0.2, 0.25) is 0 Å². The molecular weight excluding hydrogens is 214 g/mol. The minimum Gasteiger partial charge on any atom is -0.385 e. The van der Waals surface area contributed by atoms with E-state index in [0.717, 1.165) is 39.0 Å². The lowest BCUT2D eigenvalue weighted by molar-refractivity contribution is 0.0237. The minimum atomic E-state index is 0.355. The third-order valence-corrected chi connectivity index (χ3v) is 2.92. The summed E-state index contributed by atoms with van der Waals surface area (Å²) < 4.78 is 11.0. The SMILES string of the molecule is CCCNC(CCCOC)C(CCC)OCC. The number of nitrogens with one attached hydrogen (secondary N) is 1. The third-order valence-electron chi connectivity index (χ3n) is 2.92. The summed E-state index contributed by atoms with van der Waals surface area (Å²) in [6.45, 7) is 9.22. The molecule has 0 aromatic rings. The molecule has 0 saturated heterocycles. The van der Waals surface area contributed by atoms with Gasteiger partial charge in [0.05, 0.1) is 6.10 Å². The average molecular weight is 245 g/mol. The van der Waals surface area contributed by atoms with Gasteiger partial charge in [-0.3, -0.25) is 0 Å². The summed E-state index contributed by atoms with van der Waals surface area (Å²) in [4.78, 5) is 0. The molecule has 0 aliphatic heterocycles. The summed E-state index contributed by atoms with van der Waals surface area (Å²) in [7, 11) is 1.76. The van der Waals surface area contributed by atoms with Gasteiger partial charge in [-0.1, -0.05) is 20.3 Å². The molecule has 1 N–H and O–H groups in total. The van der Waals surface area contributed by atoms with Gasteiger partial charge in [-0.25, -0.2) is 0 Å². The highest BCUT2D eigenvalue weighted by Crippen LogP contribution is 2.12. The van der Waals surface area contributed by atoms with Crippen molar-refractivity contribution in [3.05, 3.63) is 0 Å². The van der Waals surface area contributed by atoms with Crippen LogP contribution < -0.4 is 5.32 Å². The molecule has 104 valence electrons. The molecule has 2 atom stereocenters. The molecule has 3 nitrogen and oxygen atoms in total. The molecule has 2 unspecified atom stereocenters. The van der Waals surface area contributed by atoms with Gasteiger partial charge in [-0.05, 0) is 39.2 Å². The lowest BCUT2D eigenvalue weighted by Gasteiger charge is -2.28. The number of ether oxygens (including phenoxy) is 2. The van der Waals surface area contributed by atoms with E-state index in [1.54, 1.807) is 7.11 Å². The summed E-state index contributed by atoms with van der Waals surface area (Å²) in [6.07, 6.45) is 6.09. The Kier molecular flexibility index (Phi) is 12.3. The van der Waals surface area contributed by atoms with E-state index >= 15 is 0 Å². The highest BCUT2D eigenvalue weighted by molar-refractivity contribution is 4.77. The first-order valence-electron chi connectivity index (χ1n) is 7.13. The molecule has 0 fully saturated rings. The minimum absolute atomic E-state index is 0.355. The predicted octanol–water partition coefficient (Wildman–Crippen LogP) is 2.99. The number of rotatable bonds is 12. The lowest BCUT2D eigenvalue weighted by Crippen LogP contribution is -2.42. The van der Waals surface area contributed by atoms with Gasteiger partial charge in [0.1, 0.15) is 0 Å². The van der Waals surface area contributed by atoms with Crippen molar-refractivity contribution in [3.63, 3.8) is 0 Å². The van der Waals surface area contributed by atoms with Gasteiger partial charge in [0, 0.05) is 26.4 Å². The number of hydrogen-bond acceptors (Lipinski definition) is 3. The normalized spacial score (nSPS) is 14.8. The quantitative estimate of drug-likeness (QED) is 0.536. The zero-order valence-corrected chi connectivity index (χ0v) is 12.1.